The standard InChI is InChI=1S/C12H18ClFN4O2S/c1-17-2-4-18(5-3-17)16-21(19,20)10-6-9(8-15)12(13)11(14)7-10/h6-7,16H,2-5,8,15H2,1H3. The predicted molar refractivity (Wildman–Crippen MR) is 78.7 cm³/mol. The highest BCUT2D eigenvalue weighted by Gasteiger charge is 2.23. The molecule has 0 unspecified atom stereocenters. The number of halogens is 2. The van der Waals surface area contributed by atoms with Gasteiger partial charge in [0.2, 0.25) is 0 Å². The molecule has 1 aromatic carbocycles. The van der Waals surface area contributed by atoms with Crippen molar-refractivity contribution in [3.63, 3.8) is 0 Å². The third-order valence-electron chi connectivity index (χ3n) is 3.36. The van der Waals surface area contributed by atoms with Crippen LogP contribution in [-0.4, -0.2) is 51.6 Å². The zero-order chi connectivity index (χ0) is 15.6. The van der Waals surface area contributed by atoms with E-state index in [0.717, 1.165) is 19.2 Å². The van der Waals surface area contributed by atoms with E-state index in [2.05, 4.69) is 9.73 Å². The van der Waals surface area contributed by atoms with Gasteiger partial charge in [-0.15, -0.1) is 4.83 Å². The largest absolute Gasteiger partial charge is 0.326 e. The summed E-state index contributed by atoms with van der Waals surface area (Å²) in [5.74, 6) is -0.793. The van der Waals surface area contributed by atoms with E-state index in [1.807, 2.05) is 7.05 Å². The third-order valence-corrected chi connectivity index (χ3v) is 5.14. The molecule has 3 N–H and O–H groups in total. The van der Waals surface area contributed by atoms with Crippen molar-refractivity contribution < 1.29 is 12.8 Å². The van der Waals surface area contributed by atoms with Gasteiger partial charge in [-0.2, -0.15) is 0 Å². The van der Waals surface area contributed by atoms with Crippen LogP contribution in [0.1, 0.15) is 5.56 Å². The van der Waals surface area contributed by atoms with Gasteiger partial charge in [0.1, 0.15) is 5.82 Å². The second-order valence-electron chi connectivity index (χ2n) is 4.97. The highest BCUT2D eigenvalue weighted by atomic mass is 35.5. The average molecular weight is 337 g/mol. The minimum Gasteiger partial charge on any atom is -0.326 e. The molecule has 0 radical (unpaired) electrons. The molecule has 1 heterocycles. The first kappa shape index (κ1) is 16.6. The molecule has 0 atom stereocenters. The Morgan fingerprint density at radius 2 is 1.95 bits per heavy atom. The third kappa shape index (κ3) is 3.91. The summed E-state index contributed by atoms with van der Waals surface area (Å²) in [5, 5.41) is 1.46. The Morgan fingerprint density at radius 1 is 1.33 bits per heavy atom. The van der Waals surface area contributed by atoms with Crippen molar-refractivity contribution in [1.29, 1.82) is 0 Å². The lowest BCUT2D eigenvalue weighted by atomic mass is 10.2. The SMILES string of the molecule is CN1CCN(NS(=O)(=O)c2cc(F)c(Cl)c(CN)c2)CC1. The number of piperazine rings is 1. The van der Waals surface area contributed by atoms with E-state index in [1.54, 1.807) is 5.01 Å². The van der Waals surface area contributed by atoms with Gasteiger partial charge in [0, 0.05) is 32.7 Å². The van der Waals surface area contributed by atoms with Gasteiger partial charge in [0.25, 0.3) is 10.0 Å². The number of rotatable bonds is 4. The number of hydrogen-bond acceptors (Lipinski definition) is 5. The predicted octanol–water partition coefficient (Wildman–Crippen LogP) is 0.379. The van der Waals surface area contributed by atoms with Crippen LogP contribution in [0.25, 0.3) is 0 Å². The van der Waals surface area contributed by atoms with Crippen molar-refractivity contribution in [3.05, 3.63) is 28.5 Å². The van der Waals surface area contributed by atoms with E-state index in [1.165, 1.54) is 6.07 Å². The van der Waals surface area contributed by atoms with Gasteiger partial charge >= 0.3 is 0 Å². The number of sulfonamides is 1. The number of nitrogens with two attached hydrogens (primary N) is 1. The molecular formula is C12H18ClFN4O2S. The van der Waals surface area contributed by atoms with Gasteiger partial charge in [-0.1, -0.05) is 11.6 Å². The number of benzene rings is 1. The molecule has 9 heteroatoms. The molecule has 6 nitrogen and oxygen atoms in total. The summed E-state index contributed by atoms with van der Waals surface area (Å²) < 4.78 is 38.3. The minimum absolute atomic E-state index is 0.0341. The van der Waals surface area contributed by atoms with Crippen LogP contribution >= 0.6 is 11.6 Å². The van der Waals surface area contributed by atoms with Crippen LogP contribution in [0, 0.1) is 5.82 Å². The zero-order valence-electron chi connectivity index (χ0n) is 11.6. The lowest BCUT2D eigenvalue weighted by Crippen LogP contribution is -2.52. The molecule has 0 saturated carbocycles. The molecule has 1 saturated heterocycles. The maximum Gasteiger partial charge on any atom is 0.253 e. The topological polar surface area (TPSA) is 78.7 Å². The Balaban J connectivity index is 2.21. The van der Waals surface area contributed by atoms with Crippen molar-refractivity contribution in [2.24, 2.45) is 5.73 Å². The lowest BCUT2D eigenvalue weighted by Gasteiger charge is -2.32. The number of hydrogen-bond donors (Lipinski definition) is 2. The Hall–Kier alpha value is -0.770. The van der Waals surface area contributed by atoms with Crippen LogP contribution in [0.15, 0.2) is 17.0 Å². The molecule has 21 heavy (non-hydrogen) atoms. The van der Waals surface area contributed by atoms with E-state index >= 15 is 0 Å². The molecule has 0 spiro atoms. The number of nitrogens with one attached hydrogen (secondary N) is 1. The van der Waals surface area contributed by atoms with Crippen LogP contribution in [0.5, 0.6) is 0 Å². The summed E-state index contributed by atoms with van der Waals surface area (Å²) in [4.78, 5) is 4.38. The summed E-state index contributed by atoms with van der Waals surface area (Å²) >= 11 is 5.74. The smallest absolute Gasteiger partial charge is 0.253 e. The molecule has 0 amide bonds. The Kier molecular flexibility index (Phi) is 5.18. The number of hydrazine groups is 1. The maximum absolute atomic E-state index is 13.7. The molecule has 1 aliphatic rings. The van der Waals surface area contributed by atoms with Gasteiger partial charge in [0.05, 0.1) is 9.92 Å². The summed E-state index contributed by atoms with van der Waals surface area (Å²) in [7, 11) is -1.88. The highest BCUT2D eigenvalue weighted by Crippen LogP contribution is 2.24. The molecular weight excluding hydrogens is 319 g/mol. The highest BCUT2D eigenvalue weighted by molar-refractivity contribution is 7.89. The van der Waals surface area contributed by atoms with Crippen molar-refractivity contribution in [2.45, 2.75) is 11.4 Å². The normalized spacial score (nSPS) is 18.1. The molecule has 0 bridgehead atoms. The van der Waals surface area contributed by atoms with E-state index < -0.39 is 15.8 Å². The Bertz CT molecular complexity index is 618. The van der Waals surface area contributed by atoms with E-state index in [-0.39, 0.29) is 22.0 Å². The molecule has 2 rings (SSSR count). The average Bonchev–Trinajstić information content (AvgIpc) is 2.44. The van der Waals surface area contributed by atoms with Crippen LogP contribution in [0.4, 0.5) is 4.39 Å². The van der Waals surface area contributed by atoms with Crippen molar-refractivity contribution in [2.75, 3.05) is 33.2 Å². The van der Waals surface area contributed by atoms with Crippen LogP contribution in [-0.2, 0) is 16.6 Å². The fourth-order valence-corrected chi connectivity index (χ4v) is 3.41. The van der Waals surface area contributed by atoms with Crippen LogP contribution in [0.3, 0.4) is 0 Å². The van der Waals surface area contributed by atoms with Crippen molar-refractivity contribution in [3.8, 4) is 0 Å². The second-order valence-corrected chi connectivity index (χ2v) is 7.01. The molecule has 0 aliphatic carbocycles. The van der Waals surface area contributed by atoms with Gasteiger partial charge in [-0.05, 0) is 24.7 Å². The Morgan fingerprint density at radius 3 is 2.52 bits per heavy atom. The lowest BCUT2D eigenvalue weighted by molar-refractivity contribution is 0.135. The van der Waals surface area contributed by atoms with Crippen LogP contribution in [0.2, 0.25) is 5.02 Å². The van der Waals surface area contributed by atoms with Gasteiger partial charge < -0.3 is 10.6 Å². The van der Waals surface area contributed by atoms with E-state index in [0.29, 0.717) is 13.1 Å². The monoisotopic (exact) mass is 336 g/mol. The fourth-order valence-electron chi connectivity index (χ4n) is 2.04. The van der Waals surface area contributed by atoms with Gasteiger partial charge in [0.15, 0.2) is 0 Å². The number of likely N-dealkylation sites (N-methyl/N-ethyl adjacent to an activating group) is 1. The molecule has 118 valence electrons. The molecule has 0 aromatic heterocycles. The quantitative estimate of drug-likeness (QED) is 0.831. The first-order valence-corrected chi connectivity index (χ1v) is 8.33. The fraction of sp³-hybridized carbons (Fsp3) is 0.500. The van der Waals surface area contributed by atoms with Crippen molar-refractivity contribution in [1.82, 2.24) is 14.7 Å². The van der Waals surface area contributed by atoms with Gasteiger partial charge in [-0.3, -0.25) is 0 Å². The second kappa shape index (κ2) is 6.55. The summed E-state index contributed by atoms with van der Waals surface area (Å²) in [6, 6.07) is 2.20. The maximum atomic E-state index is 13.7. The molecule has 1 fully saturated rings. The zero-order valence-corrected chi connectivity index (χ0v) is 13.2. The summed E-state index contributed by atoms with van der Waals surface area (Å²) in [5.41, 5.74) is 5.71. The van der Waals surface area contributed by atoms with Crippen LogP contribution < -0.4 is 10.6 Å². The first-order valence-electron chi connectivity index (χ1n) is 6.47. The minimum atomic E-state index is -3.85. The number of nitrogens with zero attached hydrogens (tertiary/aromatic N) is 2. The van der Waals surface area contributed by atoms with Gasteiger partial charge in [-0.25, -0.2) is 17.8 Å². The van der Waals surface area contributed by atoms with E-state index in [4.69, 9.17) is 17.3 Å². The Labute approximate surface area is 128 Å². The summed E-state index contributed by atoms with van der Waals surface area (Å²) in [6.45, 7) is 2.61. The van der Waals surface area contributed by atoms with E-state index in [9.17, 15) is 12.8 Å². The molecule has 1 aliphatic heterocycles. The molecule has 1 aromatic rings. The summed E-state index contributed by atoms with van der Waals surface area (Å²) in [6.07, 6.45) is 0. The van der Waals surface area contributed by atoms with Crippen molar-refractivity contribution >= 4 is 21.6 Å². The first-order chi connectivity index (χ1) is 9.83.